The Labute approximate surface area is 178 Å². The third-order valence-electron chi connectivity index (χ3n) is 5.80. The average Bonchev–Trinajstić information content (AvgIpc) is 3.04. The van der Waals surface area contributed by atoms with E-state index in [1.165, 1.54) is 0 Å². The van der Waals surface area contributed by atoms with Crippen LogP contribution in [0.4, 0.5) is 0 Å². The number of carbonyl (C=O) groups excluding carboxylic acids is 3. The molecule has 2 aliphatic rings. The minimum absolute atomic E-state index is 0.127. The van der Waals surface area contributed by atoms with Crippen molar-refractivity contribution in [3.8, 4) is 0 Å². The van der Waals surface area contributed by atoms with Gasteiger partial charge in [0, 0.05) is 25.1 Å². The lowest BCUT2D eigenvalue weighted by atomic mass is 10.0. The van der Waals surface area contributed by atoms with E-state index in [1.807, 2.05) is 18.2 Å². The zero-order valence-electron chi connectivity index (χ0n) is 17.8. The SMILES string of the molecule is CN(CCCN)CCCCNCc1ccc2c(c1)CN(C1CCC(=O)NC1=O)C2=O. The zero-order chi connectivity index (χ0) is 21.5. The van der Waals surface area contributed by atoms with Gasteiger partial charge < -0.3 is 20.9 Å². The molecule has 30 heavy (non-hydrogen) atoms. The summed E-state index contributed by atoms with van der Waals surface area (Å²) in [4.78, 5) is 40.1. The van der Waals surface area contributed by atoms with Crippen molar-refractivity contribution in [2.75, 3.05) is 33.2 Å². The highest BCUT2D eigenvalue weighted by atomic mass is 16.2. The first-order chi connectivity index (χ1) is 14.5. The van der Waals surface area contributed by atoms with Gasteiger partial charge in [-0.15, -0.1) is 0 Å². The second-order valence-electron chi connectivity index (χ2n) is 8.22. The van der Waals surface area contributed by atoms with Gasteiger partial charge in [0.1, 0.15) is 6.04 Å². The maximum absolute atomic E-state index is 12.7. The van der Waals surface area contributed by atoms with E-state index in [2.05, 4.69) is 22.6 Å². The highest BCUT2D eigenvalue weighted by Crippen LogP contribution is 2.28. The molecule has 4 N–H and O–H groups in total. The predicted octanol–water partition coefficient (Wildman–Crippen LogP) is 0.598. The van der Waals surface area contributed by atoms with E-state index in [1.54, 1.807) is 4.90 Å². The standard InChI is InChI=1S/C22H33N5O3/c1-26(12-4-9-23)11-3-2-10-24-14-16-5-6-18-17(13-16)15-27(22(18)30)19-7-8-20(28)25-21(19)29/h5-6,13,19,24H,2-4,7-12,14-15,23H2,1H3,(H,25,28,29). The minimum atomic E-state index is -0.563. The summed E-state index contributed by atoms with van der Waals surface area (Å²) in [6.45, 7) is 4.99. The van der Waals surface area contributed by atoms with Crippen LogP contribution in [0, 0.1) is 0 Å². The van der Waals surface area contributed by atoms with Crippen molar-refractivity contribution in [2.45, 2.75) is 51.2 Å². The van der Waals surface area contributed by atoms with Crippen molar-refractivity contribution >= 4 is 17.7 Å². The number of benzene rings is 1. The summed E-state index contributed by atoms with van der Waals surface area (Å²) in [7, 11) is 2.13. The average molecular weight is 416 g/mol. The first-order valence-electron chi connectivity index (χ1n) is 10.9. The molecule has 1 fully saturated rings. The summed E-state index contributed by atoms with van der Waals surface area (Å²) in [6.07, 6.45) is 3.96. The summed E-state index contributed by atoms with van der Waals surface area (Å²) in [5.74, 6) is -0.767. The Balaban J connectivity index is 1.44. The molecule has 2 aliphatic heterocycles. The lowest BCUT2D eigenvalue weighted by molar-refractivity contribution is -0.136. The quantitative estimate of drug-likeness (QED) is 0.361. The lowest BCUT2D eigenvalue weighted by Crippen LogP contribution is -2.52. The molecule has 2 heterocycles. The van der Waals surface area contributed by atoms with Gasteiger partial charge >= 0.3 is 0 Å². The molecule has 8 nitrogen and oxygen atoms in total. The Morgan fingerprint density at radius 1 is 1.20 bits per heavy atom. The molecule has 164 valence electrons. The van der Waals surface area contributed by atoms with Crippen molar-refractivity contribution in [3.63, 3.8) is 0 Å². The molecular formula is C22H33N5O3. The summed E-state index contributed by atoms with van der Waals surface area (Å²) in [5.41, 5.74) is 8.27. The zero-order valence-corrected chi connectivity index (χ0v) is 17.8. The Morgan fingerprint density at radius 2 is 2.00 bits per heavy atom. The summed E-state index contributed by atoms with van der Waals surface area (Å²) in [5, 5.41) is 5.80. The maximum Gasteiger partial charge on any atom is 0.255 e. The molecule has 0 radical (unpaired) electrons. The van der Waals surface area contributed by atoms with Crippen LogP contribution < -0.4 is 16.4 Å². The van der Waals surface area contributed by atoms with E-state index in [-0.39, 0.29) is 24.1 Å². The topological polar surface area (TPSA) is 108 Å². The molecule has 0 aliphatic carbocycles. The summed E-state index contributed by atoms with van der Waals surface area (Å²) in [6, 6.07) is 5.31. The molecule has 0 saturated carbocycles. The second-order valence-corrected chi connectivity index (χ2v) is 8.22. The molecule has 0 spiro atoms. The molecule has 1 unspecified atom stereocenters. The number of imide groups is 1. The first kappa shape index (κ1) is 22.4. The van der Waals surface area contributed by atoms with Crippen LogP contribution in [0.5, 0.6) is 0 Å². The van der Waals surface area contributed by atoms with E-state index in [4.69, 9.17) is 5.73 Å². The Kier molecular flexibility index (Phi) is 7.95. The van der Waals surface area contributed by atoms with Gasteiger partial charge in [-0.25, -0.2) is 0 Å². The number of rotatable bonds is 11. The maximum atomic E-state index is 12.7. The molecule has 3 amide bonds. The van der Waals surface area contributed by atoms with Gasteiger partial charge in [-0.1, -0.05) is 12.1 Å². The van der Waals surface area contributed by atoms with Crippen LogP contribution >= 0.6 is 0 Å². The Morgan fingerprint density at radius 3 is 2.77 bits per heavy atom. The third kappa shape index (κ3) is 5.65. The first-order valence-corrected chi connectivity index (χ1v) is 10.9. The fraction of sp³-hybridized carbons (Fsp3) is 0.591. The van der Waals surface area contributed by atoms with Crippen molar-refractivity contribution < 1.29 is 14.4 Å². The molecule has 1 saturated heterocycles. The fourth-order valence-corrected chi connectivity index (χ4v) is 4.08. The molecule has 1 aromatic carbocycles. The molecule has 0 aromatic heterocycles. The lowest BCUT2D eigenvalue weighted by Gasteiger charge is -2.29. The van der Waals surface area contributed by atoms with E-state index in [0.717, 1.165) is 63.1 Å². The van der Waals surface area contributed by atoms with Gasteiger partial charge in [0.25, 0.3) is 5.91 Å². The van der Waals surface area contributed by atoms with E-state index in [0.29, 0.717) is 18.5 Å². The predicted molar refractivity (Wildman–Crippen MR) is 115 cm³/mol. The Bertz CT molecular complexity index is 782. The van der Waals surface area contributed by atoms with Gasteiger partial charge in [-0.3, -0.25) is 19.7 Å². The monoisotopic (exact) mass is 415 g/mol. The van der Waals surface area contributed by atoms with Gasteiger partial charge in [0.2, 0.25) is 11.8 Å². The second kappa shape index (κ2) is 10.7. The van der Waals surface area contributed by atoms with Gasteiger partial charge in [0.05, 0.1) is 0 Å². The number of amides is 3. The van der Waals surface area contributed by atoms with Crippen LogP contribution in [-0.2, 0) is 22.7 Å². The largest absolute Gasteiger partial charge is 0.330 e. The Hall–Kier alpha value is -2.29. The third-order valence-corrected chi connectivity index (χ3v) is 5.80. The van der Waals surface area contributed by atoms with Gasteiger partial charge in [0.15, 0.2) is 0 Å². The van der Waals surface area contributed by atoms with E-state index >= 15 is 0 Å². The number of nitrogens with zero attached hydrogens (tertiary/aromatic N) is 2. The number of nitrogens with one attached hydrogen (secondary N) is 2. The van der Waals surface area contributed by atoms with Crippen LogP contribution in [0.25, 0.3) is 0 Å². The van der Waals surface area contributed by atoms with Crippen molar-refractivity contribution in [2.24, 2.45) is 5.73 Å². The van der Waals surface area contributed by atoms with Crippen LogP contribution in [0.15, 0.2) is 18.2 Å². The number of unbranched alkanes of at least 4 members (excludes halogenated alkanes) is 1. The fourth-order valence-electron chi connectivity index (χ4n) is 4.08. The highest BCUT2D eigenvalue weighted by Gasteiger charge is 2.38. The number of hydrogen-bond acceptors (Lipinski definition) is 6. The van der Waals surface area contributed by atoms with Crippen molar-refractivity contribution in [1.82, 2.24) is 20.4 Å². The minimum Gasteiger partial charge on any atom is -0.330 e. The normalized spacial score (nSPS) is 18.8. The molecule has 3 rings (SSSR count). The number of carbonyl (C=O) groups is 3. The summed E-state index contributed by atoms with van der Waals surface area (Å²) < 4.78 is 0. The number of hydrogen-bond donors (Lipinski definition) is 3. The molecule has 1 atom stereocenters. The molecular weight excluding hydrogens is 382 g/mol. The number of piperidine rings is 1. The number of nitrogens with two attached hydrogens (primary N) is 1. The van der Waals surface area contributed by atoms with Crippen molar-refractivity contribution in [3.05, 3.63) is 34.9 Å². The van der Waals surface area contributed by atoms with Crippen molar-refractivity contribution in [1.29, 1.82) is 0 Å². The summed E-state index contributed by atoms with van der Waals surface area (Å²) >= 11 is 0. The molecule has 0 bridgehead atoms. The smallest absolute Gasteiger partial charge is 0.255 e. The highest BCUT2D eigenvalue weighted by molar-refractivity contribution is 6.05. The van der Waals surface area contributed by atoms with Crippen LogP contribution in [-0.4, -0.2) is 66.8 Å². The van der Waals surface area contributed by atoms with E-state index in [9.17, 15) is 14.4 Å². The van der Waals surface area contributed by atoms with Gasteiger partial charge in [-0.05, 0) is 76.1 Å². The molecule has 8 heteroatoms. The van der Waals surface area contributed by atoms with Crippen LogP contribution in [0.1, 0.15) is 53.6 Å². The van der Waals surface area contributed by atoms with Crippen LogP contribution in [0.3, 0.4) is 0 Å². The molecule has 1 aromatic rings. The van der Waals surface area contributed by atoms with E-state index < -0.39 is 6.04 Å². The van der Waals surface area contributed by atoms with Crippen LogP contribution in [0.2, 0.25) is 0 Å². The van der Waals surface area contributed by atoms with Gasteiger partial charge in [-0.2, -0.15) is 0 Å². The number of fused-ring (bicyclic) bond motifs is 1.